The van der Waals surface area contributed by atoms with Crippen molar-refractivity contribution >= 4 is 0 Å². The SMILES string of the molecule is CCC1(O)CCC2C3CCC4CC(O)CCC4C3CCC21CC. The largest absolute Gasteiger partial charge is 0.393 e. The quantitative estimate of drug-likeness (QED) is 0.784. The van der Waals surface area contributed by atoms with Crippen LogP contribution in [0.25, 0.3) is 0 Å². The second-order valence-corrected chi connectivity index (χ2v) is 9.37. The maximum absolute atomic E-state index is 11.4. The molecule has 2 N–H and O–H groups in total. The lowest BCUT2D eigenvalue weighted by atomic mass is 9.48. The lowest BCUT2D eigenvalue weighted by Gasteiger charge is -2.58. The van der Waals surface area contributed by atoms with E-state index in [1.165, 1.54) is 38.5 Å². The van der Waals surface area contributed by atoms with Crippen molar-refractivity contribution < 1.29 is 10.2 Å². The van der Waals surface area contributed by atoms with E-state index >= 15 is 0 Å². The summed E-state index contributed by atoms with van der Waals surface area (Å²) in [5.41, 5.74) is -0.180. The summed E-state index contributed by atoms with van der Waals surface area (Å²) in [6.45, 7) is 4.53. The number of hydrogen-bond acceptors (Lipinski definition) is 2. The third-order valence-electron chi connectivity index (χ3n) is 9.15. The second-order valence-electron chi connectivity index (χ2n) is 9.37. The van der Waals surface area contributed by atoms with E-state index in [2.05, 4.69) is 13.8 Å². The van der Waals surface area contributed by atoms with Crippen molar-refractivity contribution in [2.45, 2.75) is 96.2 Å². The minimum atomic E-state index is -0.392. The molecule has 0 amide bonds. The Morgan fingerprint density at radius 3 is 2.35 bits per heavy atom. The molecule has 0 spiro atoms. The van der Waals surface area contributed by atoms with E-state index in [9.17, 15) is 10.2 Å². The van der Waals surface area contributed by atoms with Gasteiger partial charge in [-0.15, -0.1) is 0 Å². The van der Waals surface area contributed by atoms with Gasteiger partial charge in [0, 0.05) is 5.41 Å². The molecule has 4 fully saturated rings. The summed E-state index contributed by atoms with van der Waals surface area (Å²) < 4.78 is 0. The standard InChI is InChI=1S/C21H36O2/c1-3-20-11-9-17-16-8-6-15(22)13-14(16)5-7-18(17)19(20)10-12-21(20,23)4-2/h14-19,22-23H,3-13H2,1-2H3. The highest BCUT2D eigenvalue weighted by Gasteiger charge is 2.63. The van der Waals surface area contributed by atoms with Crippen LogP contribution in [0, 0.1) is 35.0 Å². The van der Waals surface area contributed by atoms with Gasteiger partial charge in [0.2, 0.25) is 0 Å². The molecule has 8 unspecified atom stereocenters. The van der Waals surface area contributed by atoms with Gasteiger partial charge in [0.15, 0.2) is 0 Å². The van der Waals surface area contributed by atoms with Gasteiger partial charge in [0.1, 0.15) is 0 Å². The average molecular weight is 321 g/mol. The number of aliphatic hydroxyl groups excluding tert-OH is 1. The van der Waals surface area contributed by atoms with Gasteiger partial charge < -0.3 is 10.2 Å². The van der Waals surface area contributed by atoms with Gasteiger partial charge in [-0.05, 0) is 100 Å². The molecular weight excluding hydrogens is 284 g/mol. The van der Waals surface area contributed by atoms with Crippen LogP contribution >= 0.6 is 0 Å². The molecule has 4 rings (SSSR count). The molecule has 2 nitrogen and oxygen atoms in total. The van der Waals surface area contributed by atoms with E-state index in [0.29, 0.717) is 0 Å². The van der Waals surface area contributed by atoms with Crippen molar-refractivity contribution in [3.63, 3.8) is 0 Å². The Labute approximate surface area is 142 Å². The van der Waals surface area contributed by atoms with Crippen LogP contribution in [-0.4, -0.2) is 21.9 Å². The van der Waals surface area contributed by atoms with E-state index < -0.39 is 5.60 Å². The first-order valence-corrected chi connectivity index (χ1v) is 10.4. The minimum absolute atomic E-state index is 0.0252. The molecule has 0 aromatic carbocycles. The summed E-state index contributed by atoms with van der Waals surface area (Å²) in [7, 11) is 0. The maximum atomic E-state index is 11.4. The third kappa shape index (κ3) is 2.20. The van der Waals surface area contributed by atoms with Gasteiger partial charge in [-0.2, -0.15) is 0 Å². The van der Waals surface area contributed by atoms with Crippen molar-refractivity contribution in [3.8, 4) is 0 Å². The zero-order valence-electron chi connectivity index (χ0n) is 15.1. The fourth-order valence-electron chi connectivity index (χ4n) is 8.05. The summed E-state index contributed by atoms with van der Waals surface area (Å²) >= 11 is 0. The highest BCUT2D eigenvalue weighted by Crippen LogP contribution is 2.67. The molecule has 4 saturated carbocycles. The van der Waals surface area contributed by atoms with Gasteiger partial charge >= 0.3 is 0 Å². The Balaban J connectivity index is 1.60. The predicted octanol–water partition coefficient (Wildman–Crippen LogP) is 4.53. The van der Waals surface area contributed by atoms with Crippen LogP contribution in [0.3, 0.4) is 0 Å². The van der Waals surface area contributed by atoms with Gasteiger partial charge in [-0.3, -0.25) is 0 Å². The second kappa shape index (κ2) is 5.73. The van der Waals surface area contributed by atoms with E-state index in [0.717, 1.165) is 61.7 Å². The van der Waals surface area contributed by atoms with Crippen LogP contribution in [0.1, 0.15) is 84.5 Å². The zero-order valence-corrected chi connectivity index (χ0v) is 15.1. The highest BCUT2D eigenvalue weighted by atomic mass is 16.3. The van der Waals surface area contributed by atoms with Crippen molar-refractivity contribution in [3.05, 3.63) is 0 Å². The molecule has 4 aliphatic carbocycles. The molecule has 0 aromatic rings. The molecule has 0 aliphatic heterocycles. The first kappa shape index (κ1) is 16.4. The van der Waals surface area contributed by atoms with Crippen molar-refractivity contribution in [2.75, 3.05) is 0 Å². The molecule has 0 aromatic heterocycles. The van der Waals surface area contributed by atoms with Crippen LogP contribution in [0.4, 0.5) is 0 Å². The normalized spacial score (nSPS) is 55.8. The number of rotatable bonds is 2. The molecule has 0 heterocycles. The molecular formula is C21H36O2. The molecule has 0 saturated heterocycles. The molecule has 0 bridgehead atoms. The predicted molar refractivity (Wildman–Crippen MR) is 93.0 cm³/mol. The van der Waals surface area contributed by atoms with Crippen molar-refractivity contribution in [1.29, 1.82) is 0 Å². The fourth-order valence-corrected chi connectivity index (χ4v) is 8.05. The first-order valence-electron chi connectivity index (χ1n) is 10.4. The Morgan fingerprint density at radius 2 is 1.61 bits per heavy atom. The van der Waals surface area contributed by atoms with E-state index in [1.54, 1.807) is 0 Å². The smallest absolute Gasteiger partial charge is 0.0703 e. The molecule has 2 heteroatoms. The van der Waals surface area contributed by atoms with Crippen LogP contribution in [0.15, 0.2) is 0 Å². The Hall–Kier alpha value is -0.0800. The molecule has 8 atom stereocenters. The van der Waals surface area contributed by atoms with Crippen molar-refractivity contribution in [2.24, 2.45) is 35.0 Å². The molecule has 23 heavy (non-hydrogen) atoms. The zero-order chi connectivity index (χ0) is 16.2. The summed E-state index contributed by atoms with van der Waals surface area (Å²) in [6.07, 6.45) is 13.0. The highest BCUT2D eigenvalue weighted by molar-refractivity contribution is 5.13. The first-order chi connectivity index (χ1) is 11.0. The third-order valence-corrected chi connectivity index (χ3v) is 9.15. The van der Waals surface area contributed by atoms with Gasteiger partial charge in [-0.25, -0.2) is 0 Å². The summed E-state index contributed by atoms with van der Waals surface area (Å²) in [5, 5.41) is 21.4. The maximum Gasteiger partial charge on any atom is 0.0703 e. The van der Waals surface area contributed by atoms with Crippen LogP contribution in [0.2, 0.25) is 0 Å². The van der Waals surface area contributed by atoms with E-state index in [-0.39, 0.29) is 11.5 Å². The monoisotopic (exact) mass is 320 g/mol. The summed E-state index contributed by atoms with van der Waals surface area (Å²) in [6, 6.07) is 0. The Bertz CT molecular complexity index is 449. The van der Waals surface area contributed by atoms with Crippen LogP contribution in [-0.2, 0) is 0 Å². The van der Waals surface area contributed by atoms with Gasteiger partial charge in [0.05, 0.1) is 11.7 Å². The minimum Gasteiger partial charge on any atom is -0.393 e. The van der Waals surface area contributed by atoms with Crippen LogP contribution < -0.4 is 0 Å². The number of hydrogen-bond donors (Lipinski definition) is 2. The fraction of sp³-hybridized carbons (Fsp3) is 1.00. The molecule has 0 radical (unpaired) electrons. The molecule has 4 aliphatic rings. The van der Waals surface area contributed by atoms with Gasteiger partial charge in [0.25, 0.3) is 0 Å². The Morgan fingerprint density at radius 1 is 0.826 bits per heavy atom. The lowest BCUT2D eigenvalue weighted by Crippen LogP contribution is -2.54. The number of fused-ring (bicyclic) bond motifs is 5. The van der Waals surface area contributed by atoms with E-state index in [1.807, 2.05) is 0 Å². The Kier molecular flexibility index (Phi) is 4.08. The van der Waals surface area contributed by atoms with Crippen molar-refractivity contribution in [1.82, 2.24) is 0 Å². The molecule has 132 valence electrons. The summed E-state index contributed by atoms with van der Waals surface area (Å²) in [4.78, 5) is 0. The lowest BCUT2D eigenvalue weighted by molar-refractivity contribution is -0.145. The average Bonchev–Trinajstić information content (AvgIpc) is 2.88. The summed E-state index contributed by atoms with van der Waals surface area (Å²) in [5.74, 6) is 4.19. The number of aliphatic hydroxyl groups is 2. The topological polar surface area (TPSA) is 40.5 Å². The van der Waals surface area contributed by atoms with Crippen LogP contribution in [0.5, 0.6) is 0 Å². The van der Waals surface area contributed by atoms with E-state index in [4.69, 9.17) is 0 Å². The van der Waals surface area contributed by atoms with Gasteiger partial charge in [-0.1, -0.05) is 13.8 Å².